The van der Waals surface area contributed by atoms with E-state index >= 15 is 0 Å². The predicted octanol–water partition coefficient (Wildman–Crippen LogP) is 7.11. The van der Waals surface area contributed by atoms with Gasteiger partial charge in [0, 0.05) is 12.4 Å². The molecule has 1 heterocycles. The first kappa shape index (κ1) is 33.5. The molecule has 47 heavy (non-hydrogen) atoms. The van der Waals surface area contributed by atoms with Gasteiger partial charge in [-0.25, -0.2) is 4.98 Å². The van der Waals surface area contributed by atoms with Crippen molar-refractivity contribution in [3.63, 3.8) is 0 Å². The van der Waals surface area contributed by atoms with E-state index in [1.807, 2.05) is 30.6 Å². The summed E-state index contributed by atoms with van der Waals surface area (Å²) in [6.07, 6.45) is 10.8. The average Bonchev–Trinajstić information content (AvgIpc) is 3.69. The van der Waals surface area contributed by atoms with Crippen molar-refractivity contribution in [3.05, 3.63) is 188 Å². The van der Waals surface area contributed by atoms with Crippen LogP contribution in [0.3, 0.4) is 0 Å². The molecular formula is C42H45BN2OSi. The monoisotopic (exact) mass is 632 g/mol. The molecule has 0 bridgehead atoms. The van der Waals surface area contributed by atoms with Crippen LogP contribution in [0, 0.1) is 0 Å². The molecule has 0 radical (unpaired) electrons. The molecule has 0 saturated carbocycles. The predicted molar refractivity (Wildman–Crippen MR) is 204 cm³/mol. The smallest absolute Gasteiger partial charge is 0.233 e. The molecule has 0 fully saturated rings. The summed E-state index contributed by atoms with van der Waals surface area (Å²) in [6.45, 7) is 7.24. The standard InChI is InChI=1S/C28H32N2OSi.C14H13B/c1-2-3-4-11-22-31-26-16-18-27(19-17-26)32-28(30-21-20-29-23-30,24-12-7-5-8-13-24)25-14-9-6-10-15-25;1-2-15(13-9-5-3-6-10-13)14-11-7-4-8-12-14/h5-10,12-21,23H,2-4,11,22,32H2,1H3;2-12H,1H2. The highest BCUT2D eigenvalue weighted by Crippen LogP contribution is 2.33. The van der Waals surface area contributed by atoms with Crippen molar-refractivity contribution in [1.82, 2.24) is 9.55 Å². The van der Waals surface area contributed by atoms with Gasteiger partial charge in [0.2, 0.25) is 6.71 Å². The van der Waals surface area contributed by atoms with Crippen LogP contribution >= 0.6 is 0 Å². The summed E-state index contributed by atoms with van der Waals surface area (Å²) in [7, 11) is -0.849. The lowest BCUT2D eigenvalue weighted by Gasteiger charge is -2.37. The van der Waals surface area contributed by atoms with Crippen LogP contribution in [-0.2, 0) is 5.16 Å². The first-order valence-corrected chi connectivity index (χ1v) is 18.2. The molecule has 0 spiro atoms. The number of imidazole rings is 1. The van der Waals surface area contributed by atoms with Gasteiger partial charge in [0.15, 0.2) is 0 Å². The molecule has 0 unspecified atom stereocenters. The van der Waals surface area contributed by atoms with Crippen LogP contribution < -0.4 is 20.8 Å². The lowest BCUT2D eigenvalue weighted by atomic mass is 9.41. The van der Waals surface area contributed by atoms with Crippen LogP contribution in [0.4, 0.5) is 0 Å². The van der Waals surface area contributed by atoms with Gasteiger partial charge in [0.1, 0.15) is 5.75 Å². The molecule has 5 heteroatoms. The van der Waals surface area contributed by atoms with Crippen molar-refractivity contribution in [2.45, 2.75) is 37.8 Å². The van der Waals surface area contributed by atoms with Gasteiger partial charge in [0.25, 0.3) is 0 Å². The number of hydrogen-bond donors (Lipinski definition) is 0. The summed E-state index contributed by atoms with van der Waals surface area (Å²) in [5.41, 5.74) is 5.18. The van der Waals surface area contributed by atoms with Crippen molar-refractivity contribution in [1.29, 1.82) is 0 Å². The number of unbranched alkanes of at least 4 members (excludes halogenated alkanes) is 3. The van der Waals surface area contributed by atoms with Gasteiger partial charge in [-0.3, -0.25) is 0 Å². The van der Waals surface area contributed by atoms with E-state index in [-0.39, 0.29) is 5.16 Å². The Morgan fingerprint density at radius 1 is 0.702 bits per heavy atom. The minimum absolute atomic E-state index is 0.248. The fraction of sp³-hybridized carbons (Fsp3) is 0.167. The van der Waals surface area contributed by atoms with Crippen LogP contribution in [0.25, 0.3) is 0 Å². The Morgan fingerprint density at radius 2 is 1.23 bits per heavy atom. The molecule has 0 aliphatic rings. The van der Waals surface area contributed by atoms with Crippen molar-refractivity contribution in [2.24, 2.45) is 0 Å². The zero-order valence-corrected chi connectivity index (χ0v) is 28.9. The van der Waals surface area contributed by atoms with Gasteiger partial charge >= 0.3 is 0 Å². The third kappa shape index (κ3) is 8.90. The summed E-state index contributed by atoms with van der Waals surface area (Å²) in [5.74, 6) is 2.96. The first-order chi connectivity index (χ1) is 23.2. The van der Waals surface area contributed by atoms with Gasteiger partial charge in [0.05, 0.1) is 27.6 Å². The SMILES string of the molecule is C=CB(c1ccccc1)c1ccccc1.CCCCCCOc1ccc([SiH2]C(c2ccccc2)(c2ccccc2)n2ccnc2)cc1. The Bertz CT molecular complexity index is 1630. The molecule has 1 aromatic heterocycles. The average molecular weight is 633 g/mol. The molecule has 0 amide bonds. The van der Waals surface area contributed by atoms with Crippen LogP contribution in [0.2, 0.25) is 0 Å². The highest BCUT2D eigenvalue weighted by atomic mass is 28.2. The molecular weight excluding hydrogens is 587 g/mol. The van der Waals surface area contributed by atoms with E-state index < -0.39 is 9.52 Å². The highest BCUT2D eigenvalue weighted by Gasteiger charge is 2.36. The summed E-state index contributed by atoms with van der Waals surface area (Å²) in [4.78, 5) is 4.41. The molecule has 0 aliphatic carbocycles. The van der Waals surface area contributed by atoms with Crippen molar-refractivity contribution in [3.8, 4) is 5.75 Å². The zero-order valence-electron chi connectivity index (χ0n) is 27.5. The van der Waals surface area contributed by atoms with Crippen molar-refractivity contribution >= 4 is 32.3 Å². The molecule has 6 rings (SSSR count). The van der Waals surface area contributed by atoms with E-state index in [0.717, 1.165) is 18.8 Å². The maximum atomic E-state index is 5.98. The lowest BCUT2D eigenvalue weighted by molar-refractivity contribution is 0.305. The van der Waals surface area contributed by atoms with E-state index in [9.17, 15) is 0 Å². The van der Waals surface area contributed by atoms with E-state index in [2.05, 4.69) is 163 Å². The number of benzene rings is 5. The summed E-state index contributed by atoms with van der Waals surface area (Å²) < 4.78 is 8.27. The maximum Gasteiger partial charge on any atom is 0.233 e. The topological polar surface area (TPSA) is 27.1 Å². The Kier molecular flexibility index (Phi) is 12.6. The zero-order chi connectivity index (χ0) is 32.6. The Labute approximate surface area is 283 Å². The highest BCUT2D eigenvalue weighted by molar-refractivity contribution is 6.89. The largest absolute Gasteiger partial charge is 0.494 e. The number of nitrogens with zero attached hydrogens (tertiary/aromatic N) is 2. The van der Waals surface area contributed by atoms with Crippen molar-refractivity contribution in [2.75, 3.05) is 6.61 Å². The summed E-state index contributed by atoms with van der Waals surface area (Å²) >= 11 is 0. The molecule has 0 saturated heterocycles. The second-order valence-corrected chi connectivity index (χ2v) is 14.0. The fourth-order valence-electron chi connectivity index (χ4n) is 6.18. The summed E-state index contributed by atoms with van der Waals surface area (Å²) in [5, 5.41) is 1.14. The van der Waals surface area contributed by atoms with Crippen LogP contribution in [0.15, 0.2) is 177 Å². The van der Waals surface area contributed by atoms with E-state index in [1.54, 1.807) is 0 Å². The van der Waals surface area contributed by atoms with Crippen LogP contribution in [0.1, 0.15) is 43.7 Å². The molecule has 3 nitrogen and oxygen atoms in total. The Hall–Kier alpha value is -4.87. The number of rotatable bonds is 14. The number of hydrogen-bond acceptors (Lipinski definition) is 2. The third-order valence-corrected chi connectivity index (χ3v) is 11.2. The molecule has 236 valence electrons. The minimum atomic E-state index is -0.849. The van der Waals surface area contributed by atoms with Gasteiger partial charge in [-0.2, -0.15) is 0 Å². The quantitative estimate of drug-likeness (QED) is 0.0946. The normalized spacial score (nSPS) is 11.1. The van der Waals surface area contributed by atoms with Crippen LogP contribution in [0.5, 0.6) is 5.75 Å². The Balaban J connectivity index is 0.000000241. The molecule has 6 aromatic rings. The van der Waals surface area contributed by atoms with Gasteiger partial charge < -0.3 is 9.30 Å². The van der Waals surface area contributed by atoms with Crippen molar-refractivity contribution < 1.29 is 4.74 Å². The maximum absolute atomic E-state index is 5.98. The molecule has 0 N–H and O–H groups in total. The fourth-order valence-corrected chi connectivity index (χ4v) is 8.49. The summed E-state index contributed by atoms with van der Waals surface area (Å²) in [6, 6.07) is 51.3. The second-order valence-electron chi connectivity index (χ2n) is 11.8. The van der Waals surface area contributed by atoms with Crippen LogP contribution in [-0.4, -0.2) is 32.4 Å². The van der Waals surface area contributed by atoms with E-state index in [4.69, 9.17) is 4.74 Å². The van der Waals surface area contributed by atoms with Gasteiger partial charge in [-0.1, -0.05) is 176 Å². The third-order valence-electron chi connectivity index (χ3n) is 8.65. The van der Waals surface area contributed by atoms with E-state index in [1.165, 1.54) is 46.5 Å². The first-order valence-electron chi connectivity index (χ1n) is 16.8. The number of aromatic nitrogens is 2. The van der Waals surface area contributed by atoms with E-state index in [0.29, 0.717) is 6.71 Å². The van der Waals surface area contributed by atoms with Gasteiger partial charge in [-0.15, -0.1) is 12.6 Å². The second kappa shape index (κ2) is 17.7. The number of ether oxygens (including phenoxy) is 1. The molecule has 0 atom stereocenters. The minimum Gasteiger partial charge on any atom is -0.494 e. The molecule has 0 aliphatic heterocycles. The van der Waals surface area contributed by atoms with Gasteiger partial charge in [-0.05, 0) is 29.7 Å². The Morgan fingerprint density at radius 3 is 1.70 bits per heavy atom. The lowest BCUT2D eigenvalue weighted by Crippen LogP contribution is -2.46. The molecule has 5 aromatic carbocycles.